The quantitative estimate of drug-likeness (QED) is 0.778. The van der Waals surface area contributed by atoms with Crippen LogP contribution >= 0.6 is 0 Å². The van der Waals surface area contributed by atoms with Gasteiger partial charge in [-0.1, -0.05) is 25.5 Å². The van der Waals surface area contributed by atoms with Crippen LogP contribution in [0.15, 0.2) is 24.3 Å². The van der Waals surface area contributed by atoms with Crippen molar-refractivity contribution in [2.75, 3.05) is 13.1 Å². The van der Waals surface area contributed by atoms with Crippen molar-refractivity contribution in [3.05, 3.63) is 35.6 Å². The summed E-state index contributed by atoms with van der Waals surface area (Å²) in [5.74, 6) is -0.321. The van der Waals surface area contributed by atoms with Crippen molar-refractivity contribution in [3.63, 3.8) is 0 Å². The second kappa shape index (κ2) is 7.82. The van der Waals surface area contributed by atoms with Gasteiger partial charge in [0.15, 0.2) is 0 Å². The summed E-state index contributed by atoms with van der Waals surface area (Å²) < 4.78 is 12.7. The lowest BCUT2D eigenvalue weighted by Crippen LogP contribution is -2.36. The van der Waals surface area contributed by atoms with Crippen molar-refractivity contribution in [2.45, 2.75) is 26.2 Å². The molecule has 0 spiro atoms. The third-order valence-corrected chi connectivity index (χ3v) is 2.92. The minimum atomic E-state index is -0.242. The number of hydrogen-bond acceptors (Lipinski definition) is 2. The van der Waals surface area contributed by atoms with Gasteiger partial charge < -0.3 is 11.1 Å². The molecular weight excluding hydrogens is 231 g/mol. The zero-order valence-corrected chi connectivity index (χ0v) is 10.8. The van der Waals surface area contributed by atoms with Crippen molar-refractivity contribution >= 4 is 5.91 Å². The molecule has 1 amide bonds. The second-order valence-corrected chi connectivity index (χ2v) is 4.39. The number of amides is 1. The molecule has 3 N–H and O–H groups in total. The zero-order chi connectivity index (χ0) is 13.4. The summed E-state index contributed by atoms with van der Waals surface area (Å²) in [7, 11) is 0. The normalized spacial score (nSPS) is 12.2. The molecule has 0 aromatic heterocycles. The van der Waals surface area contributed by atoms with Crippen LogP contribution in [0.3, 0.4) is 0 Å². The van der Waals surface area contributed by atoms with Gasteiger partial charge in [-0.3, -0.25) is 4.79 Å². The van der Waals surface area contributed by atoms with Gasteiger partial charge in [0.05, 0.1) is 5.92 Å². The Labute approximate surface area is 108 Å². The molecule has 1 aromatic rings. The third kappa shape index (κ3) is 4.84. The van der Waals surface area contributed by atoms with E-state index < -0.39 is 0 Å². The Morgan fingerprint density at radius 1 is 1.39 bits per heavy atom. The molecule has 100 valence electrons. The lowest BCUT2D eigenvalue weighted by atomic mass is 10.0. The van der Waals surface area contributed by atoms with E-state index in [1.165, 1.54) is 12.1 Å². The molecule has 4 heteroatoms. The monoisotopic (exact) mass is 252 g/mol. The van der Waals surface area contributed by atoms with Crippen LogP contribution < -0.4 is 11.1 Å². The first kappa shape index (κ1) is 14.6. The van der Waals surface area contributed by atoms with E-state index in [2.05, 4.69) is 5.32 Å². The molecule has 0 saturated heterocycles. The Morgan fingerprint density at radius 2 is 2.06 bits per heavy atom. The van der Waals surface area contributed by atoms with Crippen LogP contribution in [-0.4, -0.2) is 19.0 Å². The van der Waals surface area contributed by atoms with Gasteiger partial charge in [-0.2, -0.15) is 0 Å². The Bertz CT molecular complexity index is 365. The van der Waals surface area contributed by atoms with Gasteiger partial charge in [0, 0.05) is 13.1 Å². The summed E-state index contributed by atoms with van der Waals surface area (Å²) in [5.41, 5.74) is 6.57. The zero-order valence-electron chi connectivity index (χ0n) is 10.8. The molecule has 1 unspecified atom stereocenters. The third-order valence-electron chi connectivity index (χ3n) is 2.92. The van der Waals surface area contributed by atoms with Crippen molar-refractivity contribution in [1.82, 2.24) is 5.32 Å². The standard InChI is InChI=1S/C14H21FN2O/c1-2-3-12(10-16)14(18)17-9-8-11-4-6-13(15)7-5-11/h4-7,12H,2-3,8-10,16H2,1H3,(H,17,18). The molecule has 0 fully saturated rings. The maximum Gasteiger partial charge on any atom is 0.224 e. The highest BCUT2D eigenvalue weighted by atomic mass is 19.1. The molecule has 3 nitrogen and oxygen atoms in total. The van der Waals surface area contributed by atoms with Gasteiger partial charge in [-0.25, -0.2) is 4.39 Å². The van der Waals surface area contributed by atoms with Crippen LogP contribution in [0.25, 0.3) is 0 Å². The number of carbonyl (C=O) groups excluding carboxylic acids is 1. The van der Waals surface area contributed by atoms with Gasteiger partial charge in [0.25, 0.3) is 0 Å². The molecule has 1 rings (SSSR count). The number of nitrogens with two attached hydrogens (primary N) is 1. The largest absolute Gasteiger partial charge is 0.355 e. The molecule has 0 radical (unpaired) electrons. The first-order valence-electron chi connectivity index (χ1n) is 6.39. The number of carbonyl (C=O) groups is 1. The van der Waals surface area contributed by atoms with Gasteiger partial charge in [-0.15, -0.1) is 0 Å². The predicted molar refractivity (Wildman–Crippen MR) is 70.6 cm³/mol. The van der Waals surface area contributed by atoms with E-state index >= 15 is 0 Å². The second-order valence-electron chi connectivity index (χ2n) is 4.39. The highest BCUT2D eigenvalue weighted by Crippen LogP contribution is 2.05. The van der Waals surface area contributed by atoms with Gasteiger partial charge in [-0.05, 0) is 30.5 Å². The average molecular weight is 252 g/mol. The van der Waals surface area contributed by atoms with E-state index in [0.717, 1.165) is 18.4 Å². The molecule has 1 aromatic carbocycles. The number of hydrogen-bond donors (Lipinski definition) is 2. The molecule has 0 aliphatic carbocycles. The lowest BCUT2D eigenvalue weighted by molar-refractivity contribution is -0.124. The van der Waals surface area contributed by atoms with Crippen molar-refractivity contribution in [3.8, 4) is 0 Å². The van der Waals surface area contributed by atoms with Crippen LogP contribution in [0.5, 0.6) is 0 Å². The van der Waals surface area contributed by atoms with Crippen LogP contribution in [-0.2, 0) is 11.2 Å². The Morgan fingerprint density at radius 3 is 2.61 bits per heavy atom. The topological polar surface area (TPSA) is 55.1 Å². The average Bonchev–Trinajstić information content (AvgIpc) is 2.38. The summed E-state index contributed by atoms with van der Waals surface area (Å²) in [6, 6.07) is 6.32. The van der Waals surface area contributed by atoms with E-state index in [4.69, 9.17) is 5.73 Å². The Hall–Kier alpha value is -1.42. The summed E-state index contributed by atoms with van der Waals surface area (Å²) in [6.07, 6.45) is 2.47. The molecule has 0 aliphatic heterocycles. The fourth-order valence-electron chi connectivity index (χ4n) is 1.83. The minimum absolute atomic E-state index is 0.0152. The maximum atomic E-state index is 12.7. The SMILES string of the molecule is CCCC(CN)C(=O)NCCc1ccc(F)cc1. The van der Waals surface area contributed by atoms with Gasteiger partial charge >= 0.3 is 0 Å². The van der Waals surface area contributed by atoms with E-state index in [0.29, 0.717) is 19.5 Å². The Balaban J connectivity index is 2.32. The number of rotatable bonds is 7. The van der Waals surface area contributed by atoms with Crippen LogP contribution in [0.1, 0.15) is 25.3 Å². The molecule has 0 saturated carbocycles. The smallest absolute Gasteiger partial charge is 0.224 e. The van der Waals surface area contributed by atoms with Crippen molar-refractivity contribution in [1.29, 1.82) is 0 Å². The van der Waals surface area contributed by atoms with Crippen LogP contribution in [0, 0.1) is 11.7 Å². The van der Waals surface area contributed by atoms with E-state index in [9.17, 15) is 9.18 Å². The van der Waals surface area contributed by atoms with Crippen LogP contribution in [0.2, 0.25) is 0 Å². The van der Waals surface area contributed by atoms with Crippen molar-refractivity contribution in [2.24, 2.45) is 11.7 Å². The van der Waals surface area contributed by atoms with E-state index in [1.807, 2.05) is 6.92 Å². The fraction of sp³-hybridized carbons (Fsp3) is 0.500. The number of benzene rings is 1. The first-order valence-corrected chi connectivity index (χ1v) is 6.39. The number of nitrogens with one attached hydrogen (secondary N) is 1. The van der Waals surface area contributed by atoms with E-state index in [-0.39, 0.29) is 17.6 Å². The highest BCUT2D eigenvalue weighted by Gasteiger charge is 2.14. The molecule has 18 heavy (non-hydrogen) atoms. The van der Waals surface area contributed by atoms with Crippen molar-refractivity contribution < 1.29 is 9.18 Å². The summed E-state index contributed by atoms with van der Waals surface area (Å²) in [4.78, 5) is 11.8. The van der Waals surface area contributed by atoms with Gasteiger partial charge in [0.1, 0.15) is 5.82 Å². The summed E-state index contributed by atoms with van der Waals surface area (Å²) >= 11 is 0. The molecule has 0 heterocycles. The lowest BCUT2D eigenvalue weighted by Gasteiger charge is -2.13. The van der Waals surface area contributed by atoms with Crippen LogP contribution in [0.4, 0.5) is 4.39 Å². The molecule has 1 atom stereocenters. The molecule has 0 bridgehead atoms. The summed E-state index contributed by atoms with van der Waals surface area (Å²) in [5, 5.41) is 2.87. The molecule has 0 aliphatic rings. The highest BCUT2D eigenvalue weighted by molar-refractivity contribution is 5.78. The van der Waals surface area contributed by atoms with E-state index in [1.54, 1.807) is 12.1 Å². The minimum Gasteiger partial charge on any atom is -0.355 e. The Kier molecular flexibility index (Phi) is 6.36. The maximum absolute atomic E-state index is 12.7. The van der Waals surface area contributed by atoms with Gasteiger partial charge in [0.2, 0.25) is 5.91 Å². The first-order chi connectivity index (χ1) is 8.67. The molecular formula is C14H21FN2O. The summed E-state index contributed by atoms with van der Waals surface area (Å²) in [6.45, 7) is 2.98. The predicted octanol–water partition coefficient (Wildman–Crippen LogP) is 1.86. The number of halogens is 1. The fourth-order valence-corrected chi connectivity index (χ4v) is 1.83.